The molecular formula is C6H4Au2Cl6N2S2. The molecule has 2 heterocycles. The van der Waals surface area contributed by atoms with Crippen molar-refractivity contribution in [1.82, 2.24) is 9.97 Å². The van der Waals surface area contributed by atoms with Crippen LogP contribution in [-0.4, -0.2) is 9.97 Å². The van der Waals surface area contributed by atoms with Crippen molar-refractivity contribution in [3.8, 4) is 11.4 Å². The van der Waals surface area contributed by atoms with Gasteiger partial charge in [0.05, 0.1) is 11.0 Å². The van der Waals surface area contributed by atoms with Gasteiger partial charge in [-0.15, -0.1) is 22.7 Å². The van der Waals surface area contributed by atoms with Gasteiger partial charge in [-0.1, -0.05) is 0 Å². The van der Waals surface area contributed by atoms with Crippen LogP contribution in [0.2, 0.25) is 0 Å². The number of hydrogen-bond acceptors (Lipinski definition) is 4. The summed E-state index contributed by atoms with van der Waals surface area (Å²) in [6, 6.07) is 0. The van der Waals surface area contributed by atoms with Crippen LogP contribution >= 0.6 is 22.7 Å². The van der Waals surface area contributed by atoms with Gasteiger partial charge in [-0.25, -0.2) is 9.97 Å². The Labute approximate surface area is 182 Å². The van der Waals surface area contributed by atoms with Crippen LogP contribution in [0.3, 0.4) is 0 Å². The molecule has 114 valence electrons. The van der Waals surface area contributed by atoms with Gasteiger partial charge in [0.25, 0.3) is 0 Å². The molecule has 0 N–H and O–H groups in total. The number of rotatable bonds is 1. The Morgan fingerprint density at radius 3 is 1.06 bits per heavy atom. The Bertz CT molecular complexity index is 277. The molecule has 0 amide bonds. The largest absolute Gasteiger partial charge is 3.00 e. The van der Waals surface area contributed by atoms with E-state index in [9.17, 15) is 0 Å². The van der Waals surface area contributed by atoms with Gasteiger partial charge in [-0.3, -0.25) is 0 Å². The molecule has 12 heteroatoms. The van der Waals surface area contributed by atoms with E-state index in [1.165, 1.54) is 0 Å². The zero-order chi connectivity index (χ0) is 6.81. The fraction of sp³-hybridized carbons (Fsp3) is 0. The average molecular weight is 775 g/mol. The summed E-state index contributed by atoms with van der Waals surface area (Å²) in [6.07, 6.45) is 0. The van der Waals surface area contributed by atoms with E-state index in [4.69, 9.17) is 0 Å². The van der Waals surface area contributed by atoms with Crippen molar-refractivity contribution in [1.29, 1.82) is 0 Å². The topological polar surface area (TPSA) is 25.8 Å². The standard InChI is InChI=1S/C6H4N2S2.2Au.6ClH/c1-5(7-3-9-1)6-2-10-4-8-6;;;;;;;;/h1-4H;;;6*1H/q;2*+3;;;;;;/p-6. The maximum atomic E-state index is 4.12. The van der Waals surface area contributed by atoms with Crippen LogP contribution < -0.4 is 74.4 Å². The van der Waals surface area contributed by atoms with Gasteiger partial charge in [0, 0.05) is 10.8 Å². The van der Waals surface area contributed by atoms with Crippen molar-refractivity contribution < 1.29 is 119 Å². The summed E-state index contributed by atoms with van der Waals surface area (Å²) in [6.45, 7) is 0. The summed E-state index contributed by atoms with van der Waals surface area (Å²) < 4.78 is 0. The maximum Gasteiger partial charge on any atom is 3.00 e. The van der Waals surface area contributed by atoms with Crippen LogP contribution in [0.15, 0.2) is 21.8 Å². The number of aromatic nitrogens is 2. The molecule has 0 saturated heterocycles. The molecule has 0 unspecified atom stereocenters. The Morgan fingerprint density at radius 2 is 0.889 bits per heavy atom. The molecule has 0 aliphatic carbocycles. The van der Waals surface area contributed by atoms with Crippen molar-refractivity contribution in [3.63, 3.8) is 0 Å². The van der Waals surface area contributed by atoms with Crippen LogP contribution in [0.25, 0.3) is 11.4 Å². The van der Waals surface area contributed by atoms with E-state index < -0.39 is 0 Å². The molecule has 0 saturated carbocycles. The van der Waals surface area contributed by atoms with E-state index in [0.717, 1.165) is 11.4 Å². The van der Waals surface area contributed by atoms with E-state index in [1.54, 1.807) is 22.7 Å². The number of hydrogen-bond donors (Lipinski definition) is 0. The third-order valence-electron chi connectivity index (χ3n) is 1.13. The minimum Gasteiger partial charge on any atom is -1.00 e. The Morgan fingerprint density at radius 1 is 0.611 bits per heavy atom. The molecule has 0 spiro atoms. The Kier molecular flexibility index (Phi) is 58.2. The Balaban J connectivity index is -0.0000000302. The minimum absolute atomic E-state index is 0. The monoisotopic (exact) mass is 772 g/mol. The Hall–Kier alpha value is 2.48. The van der Waals surface area contributed by atoms with E-state index in [0.29, 0.717) is 0 Å². The van der Waals surface area contributed by atoms with E-state index in [-0.39, 0.29) is 119 Å². The van der Waals surface area contributed by atoms with Crippen molar-refractivity contribution in [3.05, 3.63) is 21.8 Å². The zero-order valence-corrected chi connectivity index (χ0v) is 18.4. The summed E-state index contributed by atoms with van der Waals surface area (Å²) in [5.74, 6) is 0. The number of nitrogens with zero attached hydrogens (tertiary/aromatic N) is 2. The van der Waals surface area contributed by atoms with Crippen LogP contribution in [-0.2, 0) is 44.8 Å². The molecule has 2 rings (SSSR count). The van der Waals surface area contributed by atoms with Gasteiger partial charge >= 0.3 is 44.8 Å². The van der Waals surface area contributed by atoms with E-state index in [1.807, 2.05) is 21.8 Å². The molecule has 0 radical (unpaired) electrons. The first-order chi connectivity index (χ1) is 4.97. The molecule has 18 heavy (non-hydrogen) atoms. The summed E-state index contributed by atoms with van der Waals surface area (Å²) in [7, 11) is 0. The summed E-state index contributed by atoms with van der Waals surface area (Å²) in [5.41, 5.74) is 5.58. The van der Waals surface area contributed by atoms with Gasteiger partial charge in [0.2, 0.25) is 0 Å². The van der Waals surface area contributed by atoms with Crippen molar-refractivity contribution >= 4 is 22.7 Å². The van der Waals surface area contributed by atoms with Gasteiger partial charge in [0.1, 0.15) is 11.4 Å². The third kappa shape index (κ3) is 13.5. The second kappa shape index (κ2) is 24.5. The zero-order valence-electron chi connectivity index (χ0n) is 7.89. The summed E-state index contributed by atoms with van der Waals surface area (Å²) >= 11 is 3.18. The van der Waals surface area contributed by atoms with Crippen LogP contribution in [0, 0.1) is 0 Å². The summed E-state index contributed by atoms with van der Waals surface area (Å²) in [5, 5.41) is 3.99. The maximum absolute atomic E-state index is 4.12. The van der Waals surface area contributed by atoms with Gasteiger partial charge in [-0.05, 0) is 0 Å². The SMILES string of the molecule is [Au+3].[Au+3].[Cl-].[Cl-].[Cl-].[Cl-].[Cl-].[Cl-].c1nc(-c2cscn2)cs1. The van der Waals surface area contributed by atoms with Crippen LogP contribution in [0.4, 0.5) is 0 Å². The smallest absolute Gasteiger partial charge is 1.00 e. The average Bonchev–Trinajstić information content (AvgIpc) is 2.59. The molecular weight excluding hydrogens is 771 g/mol. The van der Waals surface area contributed by atoms with Gasteiger partial charge in [-0.2, -0.15) is 0 Å². The van der Waals surface area contributed by atoms with Crippen LogP contribution in [0.5, 0.6) is 0 Å². The second-order valence-electron chi connectivity index (χ2n) is 1.75. The predicted molar refractivity (Wildman–Crippen MR) is 43.2 cm³/mol. The van der Waals surface area contributed by atoms with Gasteiger partial charge in [0.15, 0.2) is 0 Å². The molecule has 0 atom stereocenters. The molecule has 0 aliphatic rings. The molecule has 2 nitrogen and oxygen atoms in total. The molecule has 0 aromatic carbocycles. The minimum atomic E-state index is 0. The van der Waals surface area contributed by atoms with Crippen molar-refractivity contribution in [2.75, 3.05) is 0 Å². The second-order valence-corrected chi connectivity index (χ2v) is 3.18. The molecule has 0 fully saturated rings. The van der Waals surface area contributed by atoms with Crippen molar-refractivity contribution in [2.24, 2.45) is 0 Å². The fourth-order valence-corrected chi connectivity index (χ4v) is 1.77. The fourth-order valence-electron chi connectivity index (χ4n) is 0.678. The number of halogens is 6. The first kappa shape index (κ1) is 42.8. The first-order valence-corrected chi connectivity index (χ1v) is 4.62. The van der Waals surface area contributed by atoms with Crippen LogP contribution in [0.1, 0.15) is 0 Å². The van der Waals surface area contributed by atoms with E-state index >= 15 is 0 Å². The first-order valence-electron chi connectivity index (χ1n) is 2.73. The predicted octanol–water partition coefficient (Wildman–Crippen LogP) is -15.7. The molecule has 0 aliphatic heterocycles. The normalized spacial score (nSPS) is 5.56. The summed E-state index contributed by atoms with van der Waals surface area (Å²) in [4.78, 5) is 8.24. The molecule has 0 bridgehead atoms. The third-order valence-corrected chi connectivity index (χ3v) is 2.30. The number of thiazole rings is 2. The quantitative estimate of drug-likeness (QED) is 0.270. The van der Waals surface area contributed by atoms with Gasteiger partial charge < -0.3 is 74.4 Å². The molecule has 2 aromatic heterocycles. The molecule has 2 aromatic rings. The van der Waals surface area contributed by atoms with E-state index in [2.05, 4.69) is 9.97 Å². The van der Waals surface area contributed by atoms with Crippen molar-refractivity contribution in [2.45, 2.75) is 0 Å².